The standard InChI is InChI=1S/C13H16N2O2.ClH/c14-7-6-9-2-1-3-10(8-9)11-4-5-12(16)15-13(11)17;/h1-3,8,11H,4-7,14H2,(H,15,16,17);1H. The van der Waals surface area contributed by atoms with Crippen molar-refractivity contribution in [1.29, 1.82) is 0 Å². The molecule has 3 N–H and O–H groups in total. The van der Waals surface area contributed by atoms with E-state index in [2.05, 4.69) is 5.32 Å². The van der Waals surface area contributed by atoms with E-state index in [1.807, 2.05) is 24.3 Å². The average Bonchev–Trinajstić information content (AvgIpc) is 2.29. The highest BCUT2D eigenvalue weighted by atomic mass is 35.5. The summed E-state index contributed by atoms with van der Waals surface area (Å²) in [5.41, 5.74) is 7.62. The number of hydrogen-bond acceptors (Lipinski definition) is 3. The van der Waals surface area contributed by atoms with Gasteiger partial charge in [0.15, 0.2) is 0 Å². The van der Waals surface area contributed by atoms with Crippen molar-refractivity contribution >= 4 is 24.2 Å². The van der Waals surface area contributed by atoms with E-state index in [4.69, 9.17) is 5.73 Å². The van der Waals surface area contributed by atoms with Crippen LogP contribution in [0.2, 0.25) is 0 Å². The van der Waals surface area contributed by atoms with Crippen molar-refractivity contribution in [3.8, 4) is 0 Å². The van der Waals surface area contributed by atoms with Gasteiger partial charge in [-0.15, -0.1) is 12.4 Å². The number of nitrogens with one attached hydrogen (secondary N) is 1. The summed E-state index contributed by atoms with van der Waals surface area (Å²) in [5, 5.41) is 2.38. The van der Waals surface area contributed by atoms with Crippen molar-refractivity contribution in [3.05, 3.63) is 35.4 Å². The van der Waals surface area contributed by atoms with Crippen molar-refractivity contribution in [1.82, 2.24) is 5.32 Å². The highest BCUT2D eigenvalue weighted by Gasteiger charge is 2.27. The van der Waals surface area contributed by atoms with Crippen LogP contribution in [-0.2, 0) is 16.0 Å². The fourth-order valence-electron chi connectivity index (χ4n) is 2.14. The molecule has 1 fully saturated rings. The normalized spacial score (nSPS) is 19.1. The Bertz CT molecular complexity index is 448. The second kappa shape index (κ2) is 6.52. The second-order valence-corrected chi connectivity index (χ2v) is 4.29. The summed E-state index contributed by atoms with van der Waals surface area (Å²) in [4.78, 5) is 22.8. The molecule has 0 aliphatic carbocycles. The molecule has 18 heavy (non-hydrogen) atoms. The van der Waals surface area contributed by atoms with Gasteiger partial charge in [-0.25, -0.2) is 0 Å². The van der Waals surface area contributed by atoms with Gasteiger partial charge < -0.3 is 5.73 Å². The van der Waals surface area contributed by atoms with E-state index in [0.29, 0.717) is 19.4 Å². The molecule has 0 spiro atoms. The molecule has 1 aromatic carbocycles. The summed E-state index contributed by atoms with van der Waals surface area (Å²) in [5.74, 6) is -0.569. The first-order chi connectivity index (χ1) is 8.20. The summed E-state index contributed by atoms with van der Waals surface area (Å²) >= 11 is 0. The molecular weight excluding hydrogens is 252 g/mol. The number of halogens is 1. The van der Waals surface area contributed by atoms with Crippen LogP contribution < -0.4 is 11.1 Å². The zero-order chi connectivity index (χ0) is 12.3. The summed E-state index contributed by atoms with van der Waals surface area (Å²) in [7, 11) is 0. The lowest BCUT2D eigenvalue weighted by Gasteiger charge is -2.21. The maximum atomic E-state index is 11.7. The predicted octanol–water partition coefficient (Wildman–Crippen LogP) is 1.13. The van der Waals surface area contributed by atoms with Gasteiger partial charge in [0.1, 0.15) is 0 Å². The Balaban J connectivity index is 0.00000162. The Hall–Kier alpha value is -1.39. The number of amides is 2. The lowest BCUT2D eigenvalue weighted by atomic mass is 9.89. The molecular formula is C13H17ClN2O2. The number of hydrogen-bond donors (Lipinski definition) is 2. The maximum absolute atomic E-state index is 11.7. The molecule has 5 heteroatoms. The molecule has 98 valence electrons. The lowest BCUT2D eigenvalue weighted by Crippen LogP contribution is -2.39. The van der Waals surface area contributed by atoms with E-state index in [1.54, 1.807) is 0 Å². The smallest absolute Gasteiger partial charge is 0.234 e. The van der Waals surface area contributed by atoms with Gasteiger partial charge in [0, 0.05) is 6.42 Å². The monoisotopic (exact) mass is 268 g/mol. The summed E-state index contributed by atoms with van der Waals surface area (Å²) in [6, 6.07) is 7.87. The molecule has 0 aromatic heterocycles. The molecule has 2 rings (SSSR count). The van der Waals surface area contributed by atoms with Gasteiger partial charge in [0.2, 0.25) is 11.8 Å². The summed E-state index contributed by atoms with van der Waals surface area (Å²) < 4.78 is 0. The number of nitrogens with two attached hydrogens (primary N) is 1. The van der Waals surface area contributed by atoms with Crippen molar-refractivity contribution < 1.29 is 9.59 Å². The number of imide groups is 1. The Kier molecular flexibility index (Phi) is 5.31. The van der Waals surface area contributed by atoms with Crippen LogP contribution in [0, 0.1) is 0 Å². The third kappa shape index (κ3) is 3.31. The molecule has 1 saturated heterocycles. The molecule has 2 amide bonds. The summed E-state index contributed by atoms with van der Waals surface area (Å²) in [6.45, 7) is 0.596. The van der Waals surface area contributed by atoms with Gasteiger partial charge in [-0.3, -0.25) is 14.9 Å². The van der Waals surface area contributed by atoms with Gasteiger partial charge in [0.05, 0.1) is 5.92 Å². The van der Waals surface area contributed by atoms with Crippen molar-refractivity contribution in [2.45, 2.75) is 25.2 Å². The van der Waals surface area contributed by atoms with Gasteiger partial charge in [-0.1, -0.05) is 24.3 Å². The third-order valence-corrected chi connectivity index (χ3v) is 3.03. The molecule has 0 bridgehead atoms. The molecule has 1 aromatic rings. The Labute approximate surface area is 112 Å². The number of carbonyl (C=O) groups is 2. The zero-order valence-electron chi connectivity index (χ0n) is 10.0. The van der Waals surface area contributed by atoms with Gasteiger partial charge in [0.25, 0.3) is 0 Å². The van der Waals surface area contributed by atoms with E-state index in [0.717, 1.165) is 17.5 Å². The number of benzene rings is 1. The van der Waals surface area contributed by atoms with Crippen LogP contribution >= 0.6 is 12.4 Å². The minimum Gasteiger partial charge on any atom is -0.330 e. The van der Waals surface area contributed by atoms with Gasteiger partial charge >= 0.3 is 0 Å². The van der Waals surface area contributed by atoms with E-state index in [-0.39, 0.29) is 30.1 Å². The van der Waals surface area contributed by atoms with Crippen molar-refractivity contribution in [3.63, 3.8) is 0 Å². The minimum absolute atomic E-state index is 0. The first-order valence-corrected chi connectivity index (χ1v) is 5.83. The van der Waals surface area contributed by atoms with E-state index < -0.39 is 0 Å². The maximum Gasteiger partial charge on any atom is 0.234 e. The molecule has 1 heterocycles. The first kappa shape index (κ1) is 14.7. The molecule has 1 aliphatic rings. The lowest BCUT2D eigenvalue weighted by molar-refractivity contribution is -0.134. The van der Waals surface area contributed by atoms with Crippen LogP contribution in [0.15, 0.2) is 24.3 Å². The first-order valence-electron chi connectivity index (χ1n) is 5.83. The SMILES string of the molecule is Cl.NCCc1cccc(C2CCC(=O)NC2=O)c1. The molecule has 1 atom stereocenters. The van der Waals surface area contributed by atoms with Gasteiger partial charge in [-0.05, 0) is 30.5 Å². The summed E-state index contributed by atoms with van der Waals surface area (Å²) in [6.07, 6.45) is 1.81. The van der Waals surface area contributed by atoms with E-state index in [1.165, 1.54) is 0 Å². The minimum atomic E-state index is -0.203. The molecule has 0 saturated carbocycles. The Morgan fingerprint density at radius 2 is 2.11 bits per heavy atom. The van der Waals surface area contributed by atoms with Crippen LogP contribution in [0.25, 0.3) is 0 Å². The highest BCUT2D eigenvalue weighted by molar-refractivity contribution is 6.00. The van der Waals surface area contributed by atoms with Crippen molar-refractivity contribution in [2.24, 2.45) is 5.73 Å². The number of carbonyl (C=O) groups excluding carboxylic acids is 2. The van der Waals surface area contributed by atoms with Crippen LogP contribution in [0.3, 0.4) is 0 Å². The van der Waals surface area contributed by atoms with E-state index >= 15 is 0 Å². The van der Waals surface area contributed by atoms with Crippen LogP contribution in [-0.4, -0.2) is 18.4 Å². The predicted molar refractivity (Wildman–Crippen MR) is 71.6 cm³/mol. The van der Waals surface area contributed by atoms with Crippen LogP contribution in [0.4, 0.5) is 0 Å². The topological polar surface area (TPSA) is 72.2 Å². The third-order valence-electron chi connectivity index (χ3n) is 3.03. The average molecular weight is 269 g/mol. The fraction of sp³-hybridized carbons (Fsp3) is 0.385. The molecule has 0 radical (unpaired) electrons. The molecule has 1 unspecified atom stereocenters. The quantitative estimate of drug-likeness (QED) is 0.807. The van der Waals surface area contributed by atoms with E-state index in [9.17, 15) is 9.59 Å². The number of piperidine rings is 1. The fourth-order valence-corrected chi connectivity index (χ4v) is 2.14. The van der Waals surface area contributed by atoms with Crippen LogP contribution in [0.5, 0.6) is 0 Å². The highest BCUT2D eigenvalue weighted by Crippen LogP contribution is 2.25. The molecule has 4 nitrogen and oxygen atoms in total. The largest absolute Gasteiger partial charge is 0.330 e. The van der Waals surface area contributed by atoms with Crippen LogP contribution in [0.1, 0.15) is 29.9 Å². The number of rotatable bonds is 3. The second-order valence-electron chi connectivity index (χ2n) is 4.29. The molecule has 1 aliphatic heterocycles. The van der Waals surface area contributed by atoms with Crippen molar-refractivity contribution in [2.75, 3.05) is 6.54 Å². The zero-order valence-corrected chi connectivity index (χ0v) is 10.8. The Morgan fingerprint density at radius 1 is 1.33 bits per heavy atom. The Morgan fingerprint density at radius 3 is 2.78 bits per heavy atom. The van der Waals surface area contributed by atoms with Gasteiger partial charge in [-0.2, -0.15) is 0 Å².